The maximum atomic E-state index is 12.4. The van der Waals surface area contributed by atoms with Crippen molar-refractivity contribution in [3.63, 3.8) is 0 Å². The molecule has 3 N–H and O–H groups in total. The Hall–Kier alpha value is -1.93. The van der Waals surface area contributed by atoms with Crippen LogP contribution in [-0.4, -0.2) is 57.7 Å². The molecule has 1 amide bonds. The summed E-state index contributed by atoms with van der Waals surface area (Å²) in [5.41, 5.74) is -0.635. The third kappa shape index (κ3) is 4.19. The number of aromatic amines is 1. The molecule has 2 aliphatic rings. The minimum absolute atomic E-state index is 0.0338. The number of hydrogen-bond acceptors (Lipinski definition) is 5. The van der Waals surface area contributed by atoms with E-state index < -0.39 is 11.2 Å². The van der Waals surface area contributed by atoms with Crippen molar-refractivity contribution in [2.75, 3.05) is 26.2 Å². The van der Waals surface area contributed by atoms with Crippen LogP contribution in [0.1, 0.15) is 24.8 Å². The molecule has 25 heavy (non-hydrogen) atoms. The first-order valence-corrected chi connectivity index (χ1v) is 8.89. The van der Waals surface area contributed by atoms with Gasteiger partial charge in [-0.25, -0.2) is 4.79 Å². The molecule has 8 nitrogen and oxygen atoms in total. The topological polar surface area (TPSA) is 107 Å². The fraction of sp³-hybridized carbons (Fsp3) is 0.706. The van der Waals surface area contributed by atoms with Gasteiger partial charge in [0.25, 0.3) is 5.56 Å². The van der Waals surface area contributed by atoms with Gasteiger partial charge in [-0.3, -0.25) is 14.2 Å². The highest BCUT2D eigenvalue weighted by Gasteiger charge is 2.42. The van der Waals surface area contributed by atoms with Gasteiger partial charge in [-0.1, -0.05) is 0 Å². The molecule has 138 valence electrons. The van der Waals surface area contributed by atoms with Gasteiger partial charge in [-0.05, 0) is 31.1 Å². The Morgan fingerprint density at radius 2 is 2.12 bits per heavy atom. The van der Waals surface area contributed by atoms with Gasteiger partial charge in [0, 0.05) is 51.1 Å². The summed E-state index contributed by atoms with van der Waals surface area (Å²) in [6, 6.07) is 0.0882. The first-order chi connectivity index (χ1) is 12.0. The fourth-order valence-corrected chi connectivity index (χ4v) is 3.72. The highest BCUT2D eigenvalue weighted by atomic mass is 16.3. The number of aliphatic hydroxyl groups is 1. The molecule has 1 aromatic rings. The van der Waals surface area contributed by atoms with Crippen molar-refractivity contribution in [3.05, 3.63) is 32.6 Å². The zero-order chi connectivity index (χ0) is 18.0. The molecule has 1 aliphatic heterocycles. The first kappa shape index (κ1) is 17.9. The molecule has 2 heterocycles. The molecule has 8 heteroatoms. The number of H-pyrrole nitrogens is 1. The molecular formula is C17H26N4O4. The normalized spacial score (nSPS) is 23.8. The molecule has 1 aromatic heterocycles. The highest BCUT2D eigenvalue weighted by Crippen LogP contribution is 2.41. The smallest absolute Gasteiger partial charge is 0.328 e. The number of nitrogens with one attached hydrogen (secondary N) is 2. The quantitative estimate of drug-likeness (QED) is 0.574. The molecule has 3 rings (SSSR count). The van der Waals surface area contributed by atoms with Crippen LogP contribution in [0, 0.1) is 11.8 Å². The lowest BCUT2D eigenvalue weighted by Gasteiger charge is -2.19. The van der Waals surface area contributed by atoms with Crippen molar-refractivity contribution in [1.29, 1.82) is 0 Å². The molecular weight excluding hydrogens is 324 g/mol. The molecule has 2 atom stereocenters. The SMILES string of the molecule is Cn1c(=O)[nH]cc(CC(=O)N[C@@H]2CN(CCCO)C[C@H]2C2CC2)c1=O. The average Bonchev–Trinajstić information content (AvgIpc) is 3.35. The summed E-state index contributed by atoms with van der Waals surface area (Å²) >= 11 is 0. The second-order valence-corrected chi connectivity index (χ2v) is 7.17. The molecule has 0 spiro atoms. The van der Waals surface area contributed by atoms with Crippen LogP contribution in [0.15, 0.2) is 15.8 Å². The number of hydrogen-bond donors (Lipinski definition) is 3. The molecule has 1 saturated carbocycles. The van der Waals surface area contributed by atoms with Crippen LogP contribution in [-0.2, 0) is 18.3 Å². The van der Waals surface area contributed by atoms with Crippen molar-refractivity contribution in [2.45, 2.75) is 31.7 Å². The lowest BCUT2D eigenvalue weighted by Crippen LogP contribution is -2.43. The van der Waals surface area contributed by atoms with Gasteiger partial charge < -0.3 is 20.3 Å². The van der Waals surface area contributed by atoms with Gasteiger partial charge in [-0.15, -0.1) is 0 Å². The highest BCUT2D eigenvalue weighted by molar-refractivity contribution is 5.78. The van der Waals surface area contributed by atoms with E-state index in [2.05, 4.69) is 15.2 Å². The standard InChI is InChI=1S/C17H26N4O4/c1-20-16(24)12(8-18-17(20)25)7-15(23)19-14-10-21(5-2-6-22)9-13(14)11-3-4-11/h8,11,13-14,22H,2-7,9-10H2,1H3,(H,18,25)(H,19,23)/t13-,14+/m0/s1. The fourth-order valence-electron chi connectivity index (χ4n) is 3.72. The Kier molecular flexibility index (Phi) is 5.39. The predicted octanol–water partition coefficient (Wildman–Crippen LogP) is -1.17. The minimum Gasteiger partial charge on any atom is -0.396 e. The minimum atomic E-state index is -0.488. The zero-order valence-electron chi connectivity index (χ0n) is 14.5. The Bertz CT molecular complexity index is 737. The molecule has 1 aliphatic carbocycles. The summed E-state index contributed by atoms with van der Waals surface area (Å²) < 4.78 is 0.974. The summed E-state index contributed by atoms with van der Waals surface area (Å²) in [4.78, 5) is 40.6. The number of rotatable bonds is 7. The van der Waals surface area contributed by atoms with Crippen molar-refractivity contribution in [2.24, 2.45) is 18.9 Å². The lowest BCUT2D eigenvalue weighted by atomic mass is 9.98. The van der Waals surface area contributed by atoms with E-state index in [9.17, 15) is 14.4 Å². The van der Waals surface area contributed by atoms with E-state index in [0.717, 1.165) is 30.6 Å². The van der Waals surface area contributed by atoms with Crippen LogP contribution in [0.4, 0.5) is 0 Å². The van der Waals surface area contributed by atoms with E-state index in [0.29, 0.717) is 11.8 Å². The Labute approximate surface area is 145 Å². The maximum Gasteiger partial charge on any atom is 0.328 e. The number of likely N-dealkylation sites (tertiary alicyclic amines) is 1. The summed E-state index contributed by atoms with van der Waals surface area (Å²) in [5, 5.41) is 12.1. The van der Waals surface area contributed by atoms with Crippen molar-refractivity contribution < 1.29 is 9.90 Å². The Balaban J connectivity index is 1.62. The first-order valence-electron chi connectivity index (χ1n) is 8.89. The van der Waals surface area contributed by atoms with Gasteiger partial charge in [0.2, 0.25) is 5.91 Å². The van der Waals surface area contributed by atoms with Gasteiger partial charge in [0.05, 0.1) is 6.42 Å². The maximum absolute atomic E-state index is 12.4. The van der Waals surface area contributed by atoms with Crippen molar-refractivity contribution in [1.82, 2.24) is 19.8 Å². The van der Waals surface area contributed by atoms with E-state index in [1.54, 1.807) is 0 Å². The van der Waals surface area contributed by atoms with E-state index in [1.807, 2.05) is 0 Å². The largest absolute Gasteiger partial charge is 0.396 e. The summed E-state index contributed by atoms with van der Waals surface area (Å²) in [5.74, 6) is 0.926. The van der Waals surface area contributed by atoms with Crippen molar-refractivity contribution in [3.8, 4) is 0 Å². The van der Waals surface area contributed by atoms with Gasteiger partial charge in [-0.2, -0.15) is 0 Å². The number of amides is 1. The van der Waals surface area contributed by atoms with Crippen molar-refractivity contribution >= 4 is 5.91 Å². The predicted molar refractivity (Wildman–Crippen MR) is 92.3 cm³/mol. The van der Waals surface area contributed by atoms with Gasteiger partial charge >= 0.3 is 5.69 Å². The second-order valence-electron chi connectivity index (χ2n) is 7.17. The zero-order valence-corrected chi connectivity index (χ0v) is 14.5. The second kappa shape index (κ2) is 7.53. The van der Waals surface area contributed by atoms with Gasteiger partial charge in [0.1, 0.15) is 0 Å². The van der Waals surface area contributed by atoms with Crippen LogP contribution in [0.25, 0.3) is 0 Å². The van der Waals surface area contributed by atoms with E-state index in [-0.39, 0.29) is 30.5 Å². The molecule has 0 unspecified atom stereocenters. The molecule has 0 bridgehead atoms. The number of carbonyl (C=O) groups is 1. The monoisotopic (exact) mass is 350 g/mol. The summed E-state index contributed by atoms with van der Waals surface area (Å²) in [6.07, 6.45) is 4.46. The molecule has 0 radical (unpaired) electrons. The van der Waals surface area contributed by atoms with Crippen LogP contribution in [0.5, 0.6) is 0 Å². The molecule has 2 fully saturated rings. The van der Waals surface area contributed by atoms with Crippen LogP contribution in [0.2, 0.25) is 0 Å². The Morgan fingerprint density at radius 1 is 1.36 bits per heavy atom. The summed E-state index contributed by atoms with van der Waals surface area (Å²) in [7, 11) is 1.39. The summed E-state index contributed by atoms with van der Waals surface area (Å²) in [6.45, 7) is 2.76. The van der Waals surface area contributed by atoms with E-state index in [4.69, 9.17) is 5.11 Å². The number of aliphatic hydroxyl groups excluding tert-OH is 1. The van der Waals surface area contributed by atoms with Crippen LogP contribution in [0.3, 0.4) is 0 Å². The van der Waals surface area contributed by atoms with Crippen LogP contribution >= 0.6 is 0 Å². The van der Waals surface area contributed by atoms with Gasteiger partial charge in [0.15, 0.2) is 0 Å². The molecule has 0 aromatic carbocycles. The average molecular weight is 350 g/mol. The van der Waals surface area contributed by atoms with E-state index >= 15 is 0 Å². The number of aromatic nitrogens is 2. The van der Waals surface area contributed by atoms with Crippen LogP contribution < -0.4 is 16.6 Å². The number of nitrogens with zero attached hydrogens (tertiary/aromatic N) is 2. The Morgan fingerprint density at radius 3 is 2.80 bits per heavy atom. The van der Waals surface area contributed by atoms with E-state index in [1.165, 1.54) is 26.1 Å². The number of carbonyl (C=O) groups excluding carboxylic acids is 1. The third-order valence-electron chi connectivity index (χ3n) is 5.25. The third-order valence-corrected chi connectivity index (χ3v) is 5.25. The lowest BCUT2D eigenvalue weighted by molar-refractivity contribution is -0.121. The molecule has 1 saturated heterocycles.